The fourth-order valence-electron chi connectivity index (χ4n) is 2.73. The smallest absolute Gasteiger partial charge is 0.414 e. The highest BCUT2D eigenvalue weighted by molar-refractivity contribution is 5.89. The molecule has 3 rings (SSSR count). The summed E-state index contributed by atoms with van der Waals surface area (Å²) in [6, 6.07) is 9.26. The van der Waals surface area contributed by atoms with E-state index in [-0.39, 0.29) is 18.5 Å². The molecule has 1 fully saturated rings. The number of halogens is 2. The normalized spacial score (nSPS) is 17.8. The van der Waals surface area contributed by atoms with Gasteiger partial charge in [-0.25, -0.2) is 9.78 Å². The van der Waals surface area contributed by atoms with Gasteiger partial charge < -0.3 is 4.74 Å². The van der Waals surface area contributed by atoms with Crippen LogP contribution in [0.4, 0.5) is 19.3 Å². The van der Waals surface area contributed by atoms with Crippen LogP contribution in [0.3, 0.4) is 0 Å². The van der Waals surface area contributed by atoms with Gasteiger partial charge in [-0.2, -0.15) is 8.78 Å². The van der Waals surface area contributed by atoms with E-state index in [1.807, 2.05) is 35.2 Å². The van der Waals surface area contributed by atoms with E-state index in [1.54, 1.807) is 11.9 Å². The van der Waals surface area contributed by atoms with Crippen molar-refractivity contribution in [3.05, 3.63) is 48.5 Å². The number of amides is 1. The number of hydrogen-bond donors (Lipinski definition) is 0. The number of anilines is 1. The molecule has 0 N–H and O–H groups in total. The summed E-state index contributed by atoms with van der Waals surface area (Å²) in [5.74, 6) is 0.275. The third-order valence-corrected chi connectivity index (χ3v) is 3.83. The molecular formula is C16H18F2N4O2. The zero-order chi connectivity index (χ0) is 17.1. The summed E-state index contributed by atoms with van der Waals surface area (Å²) in [5, 5.41) is 0. The van der Waals surface area contributed by atoms with Gasteiger partial charge in [0.2, 0.25) is 0 Å². The minimum absolute atomic E-state index is 0.247. The lowest BCUT2D eigenvalue weighted by Crippen LogP contribution is -2.32. The molecule has 0 spiro atoms. The highest BCUT2D eigenvalue weighted by atomic mass is 19.3. The third kappa shape index (κ3) is 3.53. The lowest BCUT2D eigenvalue weighted by Gasteiger charge is -2.20. The van der Waals surface area contributed by atoms with E-state index in [2.05, 4.69) is 4.98 Å². The van der Waals surface area contributed by atoms with Crippen molar-refractivity contribution < 1.29 is 18.3 Å². The minimum Gasteiger partial charge on any atom is -0.443 e. The Kier molecular flexibility index (Phi) is 4.75. The second-order valence-electron chi connectivity index (χ2n) is 5.68. The highest BCUT2D eigenvalue weighted by Crippen LogP contribution is 2.22. The maximum absolute atomic E-state index is 12.8. The van der Waals surface area contributed by atoms with Crippen LogP contribution < -0.4 is 4.90 Å². The van der Waals surface area contributed by atoms with E-state index in [0.717, 1.165) is 10.3 Å². The summed E-state index contributed by atoms with van der Waals surface area (Å²) in [6.07, 6.45) is 1.88. The fraction of sp³-hybridized carbons (Fsp3) is 0.375. The van der Waals surface area contributed by atoms with E-state index in [0.29, 0.717) is 13.1 Å². The zero-order valence-electron chi connectivity index (χ0n) is 13.2. The molecule has 128 valence electrons. The number of nitrogens with zero attached hydrogens (tertiary/aromatic N) is 4. The predicted octanol–water partition coefficient (Wildman–Crippen LogP) is 2.74. The Morgan fingerprint density at radius 2 is 2.12 bits per heavy atom. The van der Waals surface area contributed by atoms with E-state index < -0.39 is 12.6 Å². The Labute approximate surface area is 138 Å². The van der Waals surface area contributed by atoms with Crippen LogP contribution in [0.25, 0.3) is 0 Å². The van der Waals surface area contributed by atoms with Gasteiger partial charge in [0, 0.05) is 24.6 Å². The number of para-hydroxylation sites is 1. The van der Waals surface area contributed by atoms with Crippen LogP contribution in [-0.4, -0.2) is 46.8 Å². The van der Waals surface area contributed by atoms with Crippen LogP contribution >= 0.6 is 0 Å². The SMILES string of the molecule is CN(Cc1nccn1C(F)F)C[C@@H]1CN(c2ccccc2)C(=O)O1. The fourth-order valence-corrected chi connectivity index (χ4v) is 2.73. The van der Waals surface area contributed by atoms with Gasteiger partial charge in [-0.05, 0) is 19.2 Å². The first-order chi connectivity index (χ1) is 11.5. The van der Waals surface area contributed by atoms with E-state index in [1.165, 1.54) is 12.4 Å². The van der Waals surface area contributed by atoms with Crippen molar-refractivity contribution in [2.45, 2.75) is 19.2 Å². The molecule has 1 aliphatic rings. The molecule has 1 aromatic heterocycles. The highest BCUT2D eigenvalue weighted by Gasteiger charge is 2.33. The van der Waals surface area contributed by atoms with Gasteiger partial charge in [-0.1, -0.05) is 18.2 Å². The third-order valence-electron chi connectivity index (χ3n) is 3.83. The predicted molar refractivity (Wildman–Crippen MR) is 83.9 cm³/mol. The monoisotopic (exact) mass is 336 g/mol. The molecule has 2 aromatic rings. The van der Waals surface area contributed by atoms with Crippen molar-refractivity contribution in [2.24, 2.45) is 0 Å². The second-order valence-corrected chi connectivity index (χ2v) is 5.68. The Balaban J connectivity index is 1.58. The quantitative estimate of drug-likeness (QED) is 0.814. The van der Waals surface area contributed by atoms with Gasteiger partial charge in [-0.15, -0.1) is 0 Å². The second kappa shape index (κ2) is 6.96. The summed E-state index contributed by atoms with van der Waals surface area (Å²) >= 11 is 0. The summed E-state index contributed by atoms with van der Waals surface area (Å²) in [7, 11) is 1.78. The van der Waals surface area contributed by atoms with E-state index in [4.69, 9.17) is 4.74 Å². The first kappa shape index (κ1) is 16.4. The van der Waals surface area contributed by atoms with Crippen LogP contribution in [0.15, 0.2) is 42.7 Å². The van der Waals surface area contributed by atoms with Gasteiger partial charge in [0.25, 0.3) is 0 Å². The Bertz CT molecular complexity index is 692. The van der Waals surface area contributed by atoms with Gasteiger partial charge in [0.05, 0.1) is 13.1 Å². The van der Waals surface area contributed by atoms with Crippen molar-refractivity contribution in [2.75, 3.05) is 25.0 Å². The summed E-state index contributed by atoms with van der Waals surface area (Å²) < 4.78 is 31.9. The van der Waals surface area contributed by atoms with Gasteiger partial charge >= 0.3 is 12.6 Å². The van der Waals surface area contributed by atoms with Crippen LogP contribution in [0.2, 0.25) is 0 Å². The molecule has 0 saturated carbocycles. The first-order valence-electron chi connectivity index (χ1n) is 7.56. The molecule has 8 heteroatoms. The number of cyclic esters (lactones) is 1. The molecule has 24 heavy (non-hydrogen) atoms. The Morgan fingerprint density at radius 1 is 1.38 bits per heavy atom. The Hall–Kier alpha value is -2.48. The van der Waals surface area contributed by atoms with Crippen molar-refractivity contribution >= 4 is 11.8 Å². The molecule has 1 saturated heterocycles. The topological polar surface area (TPSA) is 50.6 Å². The molecule has 0 unspecified atom stereocenters. The van der Waals surface area contributed by atoms with Crippen molar-refractivity contribution in [1.82, 2.24) is 14.5 Å². The molecule has 0 aliphatic carbocycles. The number of alkyl halides is 2. The van der Waals surface area contributed by atoms with Gasteiger partial charge in [0.1, 0.15) is 11.9 Å². The number of likely N-dealkylation sites (N-methyl/N-ethyl adjacent to an activating group) is 1. The van der Waals surface area contributed by atoms with E-state index >= 15 is 0 Å². The summed E-state index contributed by atoms with van der Waals surface area (Å²) in [6.45, 7) is -1.51. The number of rotatable bonds is 6. The van der Waals surface area contributed by atoms with Crippen LogP contribution in [-0.2, 0) is 11.3 Å². The number of benzene rings is 1. The van der Waals surface area contributed by atoms with Gasteiger partial charge in [-0.3, -0.25) is 14.4 Å². The first-order valence-corrected chi connectivity index (χ1v) is 7.56. The van der Waals surface area contributed by atoms with Crippen molar-refractivity contribution in [1.29, 1.82) is 0 Å². The molecule has 2 heterocycles. The number of hydrogen-bond acceptors (Lipinski definition) is 4. The molecule has 6 nitrogen and oxygen atoms in total. The molecular weight excluding hydrogens is 318 g/mol. The van der Waals surface area contributed by atoms with Crippen LogP contribution in [0.1, 0.15) is 12.4 Å². The maximum Gasteiger partial charge on any atom is 0.414 e. The molecule has 0 bridgehead atoms. The largest absolute Gasteiger partial charge is 0.443 e. The van der Waals surface area contributed by atoms with E-state index in [9.17, 15) is 13.6 Å². The lowest BCUT2D eigenvalue weighted by molar-refractivity contribution is 0.0630. The molecule has 1 aromatic carbocycles. The number of aromatic nitrogens is 2. The number of carbonyl (C=O) groups is 1. The molecule has 1 atom stereocenters. The maximum atomic E-state index is 12.8. The average molecular weight is 336 g/mol. The summed E-state index contributed by atoms with van der Waals surface area (Å²) in [5.41, 5.74) is 0.779. The number of carbonyl (C=O) groups excluding carboxylic acids is 1. The molecule has 0 radical (unpaired) electrons. The van der Waals surface area contributed by atoms with Gasteiger partial charge in [0.15, 0.2) is 0 Å². The molecule has 1 aliphatic heterocycles. The summed E-state index contributed by atoms with van der Waals surface area (Å²) in [4.78, 5) is 19.3. The standard InChI is InChI=1S/C16H18F2N4O2/c1-20(11-14-19-7-8-21(14)15(17)18)9-13-10-22(16(23)24-13)12-5-3-2-4-6-12/h2-8,13,15H,9-11H2,1H3/t13-/m1/s1. The minimum atomic E-state index is -2.62. The van der Waals surface area contributed by atoms with Crippen molar-refractivity contribution in [3.63, 3.8) is 0 Å². The van der Waals surface area contributed by atoms with Crippen LogP contribution in [0, 0.1) is 0 Å². The lowest BCUT2D eigenvalue weighted by atomic mass is 10.2. The number of ether oxygens (including phenoxy) is 1. The Morgan fingerprint density at radius 3 is 2.83 bits per heavy atom. The molecule has 1 amide bonds. The average Bonchev–Trinajstić information content (AvgIpc) is 3.14. The zero-order valence-corrected chi connectivity index (χ0v) is 13.2. The number of imidazole rings is 1. The van der Waals surface area contributed by atoms with Crippen molar-refractivity contribution in [3.8, 4) is 0 Å². The van der Waals surface area contributed by atoms with Crippen LogP contribution in [0.5, 0.6) is 0 Å².